The van der Waals surface area contributed by atoms with E-state index < -0.39 is 11.9 Å². The van der Waals surface area contributed by atoms with Gasteiger partial charge in [-0.25, -0.2) is 9.78 Å². The van der Waals surface area contributed by atoms with Crippen LogP contribution in [0.5, 0.6) is 0 Å². The lowest BCUT2D eigenvalue weighted by molar-refractivity contribution is -0.118. The lowest BCUT2D eigenvalue weighted by atomic mass is 9.87. The number of benzene rings is 2. The van der Waals surface area contributed by atoms with Crippen molar-refractivity contribution in [3.63, 3.8) is 0 Å². The van der Waals surface area contributed by atoms with Gasteiger partial charge in [-0.1, -0.05) is 67.6 Å². The molecule has 0 aliphatic heterocycles. The standard InChI is InChI=1S/C33H32ClN3O5/c1-20(38)25-16-30-26(15-29(25)34)28(18-37(30)21(2)39)27(14-22-8-6-7-9-22)32(40)36-31-13-12-24(17-35-31)33(41)42-19-23-10-4-3-5-11-23/h3-5,10-13,15-18,22,27H,6-9,14,19H2,1-2H3,(H,35,36,40). The molecule has 1 saturated carbocycles. The Bertz CT molecular complexity index is 1640. The van der Waals surface area contributed by atoms with Crippen molar-refractivity contribution in [1.29, 1.82) is 0 Å². The predicted molar refractivity (Wildman–Crippen MR) is 161 cm³/mol. The summed E-state index contributed by atoms with van der Waals surface area (Å²) in [5, 5.41) is 3.83. The second-order valence-corrected chi connectivity index (χ2v) is 11.2. The average Bonchev–Trinajstić information content (AvgIpc) is 3.63. The van der Waals surface area contributed by atoms with Gasteiger partial charge >= 0.3 is 5.97 Å². The molecule has 1 fully saturated rings. The number of anilines is 1. The number of hydrogen-bond acceptors (Lipinski definition) is 6. The Balaban J connectivity index is 1.40. The maximum absolute atomic E-state index is 13.8. The van der Waals surface area contributed by atoms with Crippen LogP contribution in [-0.2, 0) is 16.1 Å². The van der Waals surface area contributed by atoms with Crippen LogP contribution < -0.4 is 5.32 Å². The maximum atomic E-state index is 13.8. The van der Waals surface area contributed by atoms with Crippen LogP contribution in [0.4, 0.5) is 5.82 Å². The minimum absolute atomic E-state index is 0.146. The Hall–Kier alpha value is -4.30. The number of ketones is 1. The lowest BCUT2D eigenvalue weighted by Crippen LogP contribution is -2.23. The lowest BCUT2D eigenvalue weighted by Gasteiger charge is -2.20. The molecule has 8 nitrogen and oxygen atoms in total. The number of amides is 1. The summed E-state index contributed by atoms with van der Waals surface area (Å²) in [7, 11) is 0. The third-order valence-electron chi connectivity index (χ3n) is 7.84. The molecule has 2 aromatic heterocycles. The van der Waals surface area contributed by atoms with Crippen LogP contribution in [0.3, 0.4) is 0 Å². The zero-order valence-electron chi connectivity index (χ0n) is 23.6. The van der Waals surface area contributed by atoms with E-state index in [9.17, 15) is 19.2 Å². The number of carbonyl (C=O) groups excluding carboxylic acids is 4. The Morgan fingerprint density at radius 2 is 1.79 bits per heavy atom. The van der Waals surface area contributed by atoms with Gasteiger partial charge in [-0.05, 0) is 54.7 Å². The molecule has 2 aromatic carbocycles. The number of ether oxygens (including phenoxy) is 1. The third-order valence-corrected chi connectivity index (χ3v) is 8.15. The minimum atomic E-state index is -0.590. The summed E-state index contributed by atoms with van der Waals surface area (Å²) in [6.45, 7) is 3.01. The molecule has 2 heterocycles. The van der Waals surface area contributed by atoms with Crippen LogP contribution in [0, 0.1) is 5.92 Å². The van der Waals surface area contributed by atoms with Crippen LogP contribution in [-0.4, -0.2) is 33.1 Å². The largest absolute Gasteiger partial charge is 0.457 e. The molecule has 1 N–H and O–H groups in total. The number of rotatable bonds is 9. The molecule has 0 radical (unpaired) electrons. The summed E-state index contributed by atoms with van der Waals surface area (Å²) in [6.07, 6.45) is 7.95. The van der Waals surface area contributed by atoms with E-state index in [1.165, 1.54) is 24.6 Å². The van der Waals surface area contributed by atoms with E-state index in [-0.39, 0.29) is 34.8 Å². The van der Waals surface area contributed by atoms with Crippen LogP contribution in [0.25, 0.3) is 10.9 Å². The molecule has 0 spiro atoms. The van der Waals surface area contributed by atoms with Crippen molar-refractivity contribution in [1.82, 2.24) is 9.55 Å². The fraction of sp³-hybridized carbons (Fsp3) is 0.303. The van der Waals surface area contributed by atoms with Crippen LogP contribution in [0.1, 0.15) is 88.5 Å². The second-order valence-electron chi connectivity index (χ2n) is 10.8. The highest BCUT2D eigenvalue weighted by Crippen LogP contribution is 2.39. The number of carbonyl (C=O) groups is 4. The van der Waals surface area contributed by atoms with Gasteiger partial charge in [0.25, 0.3) is 0 Å². The van der Waals surface area contributed by atoms with Crippen molar-refractivity contribution in [2.75, 3.05) is 5.32 Å². The summed E-state index contributed by atoms with van der Waals surface area (Å²) in [5.74, 6) is -1.17. The molecule has 216 valence electrons. The van der Waals surface area contributed by atoms with Crippen molar-refractivity contribution in [2.24, 2.45) is 5.92 Å². The molecule has 42 heavy (non-hydrogen) atoms. The molecule has 1 amide bonds. The van der Waals surface area contributed by atoms with E-state index in [4.69, 9.17) is 16.3 Å². The van der Waals surface area contributed by atoms with Crippen LogP contribution in [0.2, 0.25) is 5.02 Å². The Morgan fingerprint density at radius 1 is 1.05 bits per heavy atom. The number of pyridine rings is 1. The van der Waals surface area contributed by atoms with Crippen molar-refractivity contribution in [3.05, 3.63) is 94.3 Å². The number of fused-ring (bicyclic) bond motifs is 1. The first kappa shape index (κ1) is 29.2. The van der Waals surface area contributed by atoms with Crippen LogP contribution in [0.15, 0.2) is 67.0 Å². The Kier molecular flexibility index (Phi) is 8.83. The molecule has 0 saturated heterocycles. The highest BCUT2D eigenvalue weighted by molar-refractivity contribution is 6.35. The highest BCUT2D eigenvalue weighted by atomic mass is 35.5. The van der Waals surface area contributed by atoms with E-state index in [1.54, 1.807) is 30.5 Å². The molecule has 1 unspecified atom stereocenters. The number of nitrogens with one attached hydrogen (secondary N) is 1. The van der Waals surface area contributed by atoms with Gasteiger partial charge in [0.2, 0.25) is 11.8 Å². The summed E-state index contributed by atoms with van der Waals surface area (Å²) >= 11 is 6.48. The first-order chi connectivity index (χ1) is 20.2. The van der Waals surface area contributed by atoms with E-state index >= 15 is 0 Å². The van der Waals surface area contributed by atoms with Crippen molar-refractivity contribution < 1.29 is 23.9 Å². The van der Waals surface area contributed by atoms with Crippen molar-refractivity contribution >= 4 is 51.9 Å². The summed E-state index contributed by atoms with van der Waals surface area (Å²) in [5.41, 5.74) is 2.67. The fourth-order valence-corrected chi connectivity index (χ4v) is 5.94. The predicted octanol–water partition coefficient (Wildman–Crippen LogP) is 7.21. The number of aromatic nitrogens is 2. The number of hydrogen-bond donors (Lipinski definition) is 1. The second kappa shape index (κ2) is 12.7. The monoisotopic (exact) mass is 585 g/mol. The van der Waals surface area contributed by atoms with Crippen LogP contribution >= 0.6 is 11.6 Å². The van der Waals surface area contributed by atoms with Gasteiger partial charge in [0.1, 0.15) is 12.4 Å². The Labute approximate surface area is 249 Å². The number of nitrogens with zero attached hydrogens (tertiary/aromatic N) is 2. The molecule has 5 rings (SSSR count). The van der Waals surface area contributed by atoms with Gasteiger partial charge in [0, 0.05) is 30.3 Å². The molecule has 1 aliphatic rings. The van der Waals surface area contributed by atoms with E-state index in [0.717, 1.165) is 31.2 Å². The quantitative estimate of drug-likeness (QED) is 0.164. The van der Waals surface area contributed by atoms with E-state index in [2.05, 4.69) is 10.3 Å². The zero-order chi connectivity index (χ0) is 29.8. The van der Waals surface area contributed by atoms with Gasteiger partial charge in [-0.3, -0.25) is 19.0 Å². The first-order valence-corrected chi connectivity index (χ1v) is 14.4. The number of Topliss-reactive ketones (excluding diaryl/α,β-unsaturated/α-hetero) is 1. The molecule has 1 aliphatic carbocycles. The van der Waals surface area contributed by atoms with E-state index in [1.807, 2.05) is 30.3 Å². The minimum Gasteiger partial charge on any atom is -0.457 e. The Morgan fingerprint density at radius 3 is 2.43 bits per heavy atom. The topological polar surface area (TPSA) is 107 Å². The van der Waals surface area contributed by atoms with Crippen molar-refractivity contribution in [2.45, 2.75) is 58.5 Å². The maximum Gasteiger partial charge on any atom is 0.340 e. The van der Waals surface area contributed by atoms with Gasteiger partial charge in [-0.15, -0.1) is 0 Å². The number of halogens is 1. The summed E-state index contributed by atoms with van der Waals surface area (Å²) in [6, 6.07) is 15.8. The molecular weight excluding hydrogens is 554 g/mol. The molecule has 1 atom stereocenters. The SMILES string of the molecule is CC(=O)c1cc2c(cc1Cl)c(C(CC1CCCC1)C(=O)Nc1ccc(C(=O)OCc3ccccc3)cn1)cn2C(C)=O. The fourth-order valence-electron chi connectivity index (χ4n) is 5.64. The van der Waals surface area contributed by atoms with Gasteiger partial charge < -0.3 is 10.1 Å². The average molecular weight is 586 g/mol. The normalized spacial score (nSPS) is 14.1. The van der Waals surface area contributed by atoms with Gasteiger partial charge in [0.15, 0.2) is 5.78 Å². The smallest absolute Gasteiger partial charge is 0.340 e. The van der Waals surface area contributed by atoms with Crippen molar-refractivity contribution in [3.8, 4) is 0 Å². The summed E-state index contributed by atoms with van der Waals surface area (Å²) < 4.78 is 6.84. The number of esters is 1. The van der Waals surface area contributed by atoms with E-state index in [0.29, 0.717) is 40.2 Å². The van der Waals surface area contributed by atoms with Gasteiger partial charge in [-0.2, -0.15) is 0 Å². The third kappa shape index (κ3) is 6.44. The zero-order valence-corrected chi connectivity index (χ0v) is 24.3. The molecular formula is C33H32ClN3O5. The molecule has 0 bridgehead atoms. The summed E-state index contributed by atoms with van der Waals surface area (Å²) in [4.78, 5) is 55.4. The molecule has 4 aromatic rings. The first-order valence-electron chi connectivity index (χ1n) is 14.1. The molecule has 9 heteroatoms. The highest BCUT2D eigenvalue weighted by Gasteiger charge is 2.30. The van der Waals surface area contributed by atoms with Gasteiger partial charge in [0.05, 0.1) is 22.0 Å².